The van der Waals surface area contributed by atoms with Gasteiger partial charge >= 0.3 is 0 Å². The van der Waals surface area contributed by atoms with Crippen molar-refractivity contribution in [2.24, 2.45) is 11.8 Å². The van der Waals surface area contributed by atoms with Crippen LogP contribution in [-0.2, 0) is 0 Å². The number of hydrogen-bond acceptors (Lipinski definition) is 2. The van der Waals surface area contributed by atoms with E-state index in [-0.39, 0.29) is 0 Å². The lowest BCUT2D eigenvalue weighted by Crippen LogP contribution is -2.55. The van der Waals surface area contributed by atoms with Gasteiger partial charge in [0.1, 0.15) is 0 Å². The highest BCUT2D eigenvalue weighted by atomic mass is 15.2. The molecule has 1 heterocycles. The molecule has 0 radical (unpaired) electrons. The molecule has 1 N–H and O–H groups in total. The van der Waals surface area contributed by atoms with E-state index in [0.29, 0.717) is 6.04 Å². The fourth-order valence-electron chi connectivity index (χ4n) is 2.41. The zero-order valence-electron chi connectivity index (χ0n) is 11.8. The van der Waals surface area contributed by atoms with Gasteiger partial charge in [-0.25, -0.2) is 0 Å². The van der Waals surface area contributed by atoms with Gasteiger partial charge in [-0.05, 0) is 31.6 Å². The van der Waals surface area contributed by atoms with Crippen molar-refractivity contribution in [3.63, 3.8) is 0 Å². The van der Waals surface area contributed by atoms with Crippen LogP contribution < -0.4 is 5.32 Å². The lowest BCUT2D eigenvalue weighted by Gasteiger charge is -2.39. The molecule has 1 aliphatic rings. The summed E-state index contributed by atoms with van der Waals surface area (Å²) in [4.78, 5) is 2.67. The van der Waals surface area contributed by atoms with Crippen LogP contribution in [0.4, 0.5) is 0 Å². The van der Waals surface area contributed by atoms with Crippen molar-refractivity contribution in [2.45, 2.75) is 59.5 Å². The highest BCUT2D eigenvalue weighted by Crippen LogP contribution is 2.15. The van der Waals surface area contributed by atoms with Crippen LogP contribution in [0, 0.1) is 11.8 Å². The van der Waals surface area contributed by atoms with E-state index in [0.717, 1.165) is 24.4 Å². The van der Waals surface area contributed by atoms with Crippen molar-refractivity contribution in [2.75, 3.05) is 19.6 Å². The summed E-state index contributed by atoms with van der Waals surface area (Å²) in [6.07, 6.45) is 2.71. The summed E-state index contributed by atoms with van der Waals surface area (Å²) >= 11 is 0. The zero-order chi connectivity index (χ0) is 12.1. The number of nitrogens with one attached hydrogen (secondary N) is 1. The zero-order valence-corrected chi connectivity index (χ0v) is 11.8. The molecule has 0 spiro atoms. The maximum absolute atomic E-state index is 3.63. The Morgan fingerprint density at radius 2 is 1.81 bits per heavy atom. The monoisotopic (exact) mass is 226 g/mol. The molecule has 1 fully saturated rings. The van der Waals surface area contributed by atoms with E-state index in [2.05, 4.69) is 44.8 Å². The fourth-order valence-corrected chi connectivity index (χ4v) is 2.41. The third kappa shape index (κ3) is 4.42. The van der Waals surface area contributed by atoms with Gasteiger partial charge in [-0.15, -0.1) is 0 Å². The Morgan fingerprint density at radius 1 is 1.12 bits per heavy atom. The van der Waals surface area contributed by atoms with E-state index in [1.54, 1.807) is 0 Å². The minimum absolute atomic E-state index is 0.690. The normalized spacial score (nSPS) is 25.3. The van der Waals surface area contributed by atoms with Crippen LogP contribution in [0.1, 0.15) is 47.5 Å². The Bertz CT molecular complexity index is 189. The predicted octanol–water partition coefficient (Wildman–Crippen LogP) is 2.74. The molecule has 16 heavy (non-hydrogen) atoms. The predicted molar refractivity (Wildman–Crippen MR) is 71.7 cm³/mol. The van der Waals surface area contributed by atoms with Crippen molar-refractivity contribution in [3.05, 3.63) is 0 Å². The van der Waals surface area contributed by atoms with Crippen LogP contribution >= 0.6 is 0 Å². The van der Waals surface area contributed by atoms with Gasteiger partial charge in [0.05, 0.1) is 0 Å². The molecule has 0 aromatic heterocycles. The van der Waals surface area contributed by atoms with Crippen molar-refractivity contribution < 1.29 is 0 Å². The molecule has 0 aromatic carbocycles. The first kappa shape index (κ1) is 14.0. The van der Waals surface area contributed by atoms with E-state index in [1.165, 1.54) is 25.9 Å². The summed E-state index contributed by atoms with van der Waals surface area (Å²) in [6.45, 7) is 15.3. The molecule has 0 aliphatic carbocycles. The van der Waals surface area contributed by atoms with Crippen molar-refractivity contribution in [1.29, 1.82) is 0 Å². The Hall–Kier alpha value is -0.0800. The van der Waals surface area contributed by atoms with Crippen LogP contribution in [0.3, 0.4) is 0 Å². The van der Waals surface area contributed by atoms with E-state index in [9.17, 15) is 0 Å². The summed E-state index contributed by atoms with van der Waals surface area (Å²) in [6, 6.07) is 1.45. The van der Waals surface area contributed by atoms with Gasteiger partial charge in [-0.3, -0.25) is 4.90 Å². The second-order valence-corrected chi connectivity index (χ2v) is 6.12. The average Bonchev–Trinajstić information content (AvgIpc) is 2.26. The molecule has 1 rings (SSSR count). The lowest BCUT2D eigenvalue weighted by atomic mass is 9.98. The summed E-state index contributed by atoms with van der Waals surface area (Å²) in [7, 11) is 0. The molecule has 2 nitrogen and oxygen atoms in total. The average molecular weight is 226 g/mol. The first-order chi connectivity index (χ1) is 7.50. The second-order valence-electron chi connectivity index (χ2n) is 6.12. The van der Waals surface area contributed by atoms with E-state index < -0.39 is 0 Å². The van der Waals surface area contributed by atoms with Crippen molar-refractivity contribution >= 4 is 0 Å². The minimum Gasteiger partial charge on any atom is -0.311 e. The molecule has 2 unspecified atom stereocenters. The molecular formula is C14H30N2. The fraction of sp³-hybridized carbons (Fsp3) is 1.00. The second kappa shape index (κ2) is 6.61. The van der Waals surface area contributed by atoms with E-state index in [4.69, 9.17) is 0 Å². The summed E-state index contributed by atoms with van der Waals surface area (Å²) < 4.78 is 0. The van der Waals surface area contributed by atoms with Crippen LogP contribution in [0.15, 0.2) is 0 Å². The van der Waals surface area contributed by atoms with E-state index in [1.807, 2.05) is 0 Å². The Labute approximate surface area is 102 Å². The van der Waals surface area contributed by atoms with Gasteiger partial charge in [0.15, 0.2) is 0 Å². The molecule has 0 saturated carbocycles. The molecule has 0 bridgehead atoms. The molecule has 96 valence electrons. The topological polar surface area (TPSA) is 15.3 Å². The highest BCUT2D eigenvalue weighted by Gasteiger charge is 2.24. The number of hydrogen-bond donors (Lipinski definition) is 1. The maximum Gasteiger partial charge on any atom is 0.0218 e. The standard InChI is InChI=1S/C14H30N2/c1-11(2)6-7-13(5)16-9-8-15-14(10-16)12(3)4/h11-15H,6-10H2,1-5H3. The van der Waals surface area contributed by atoms with Crippen molar-refractivity contribution in [1.82, 2.24) is 10.2 Å². The van der Waals surface area contributed by atoms with Gasteiger partial charge < -0.3 is 5.32 Å². The van der Waals surface area contributed by atoms with E-state index >= 15 is 0 Å². The van der Waals surface area contributed by atoms with Gasteiger partial charge in [0, 0.05) is 31.7 Å². The third-order valence-corrected chi connectivity index (χ3v) is 3.83. The molecule has 2 atom stereocenters. The van der Waals surface area contributed by atoms with Gasteiger partial charge in [0.2, 0.25) is 0 Å². The van der Waals surface area contributed by atoms with Gasteiger partial charge in [-0.1, -0.05) is 27.7 Å². The van der Waals surface area contributed by atoms with Crippen molar-refractivity contribution in [3.8, 4) is 0 Å². The first-order valence-electron chi connectivity index (χ1n) is 6.98. The first-order valence-corrected chi connectivity index (χ1v) is 6.98. The molecule has 0 amide bonds. The molecular weight excluding hydrogens is 196 g/mol. The molecule has 1 saturated heterocycles. The largest absolute Gasteiger partial charge is 0.311 e. The Balaban J connectivity index is 2.34. The Kier molecular flexibility index (Phi) is 5.77. The quantitative estimate of drug-likeness (QED) is 0.775. The third-order valence-electron chi connectivity index (χ3n) is 3.83. The lowest BCUT2D eigenvalue weighted by molar-refractivity contribution is 0.126. The van der Waals surface area contributed by atoms with Gasteiger partial charge in [-0.2, -0.15) is 0 Å². The minimum atomic E-state index is 0.690. The van der Waals surface area contributed by atoms with Crippen LogP contribution in [-0.4, -0.2) is 36.6 Å². The molecule has 2 heteroatoms. The highest BCUT2D eigenvalue weighted by molar-refractivity contribution is 4.83. The number of nitrogens with zero attached hydrogens (tertiary/aromatic N) is 1. The van der Waals surface area contributed by atoms with Crippen LogP contribution in [0.5, 0.6) is 0 Å². The van der Waals surface area contributed by atoms with Crippen LogP contribution in [0.25, 0.3) is 0 Å². The molecule has 0 aromatic rings. The summed E-state index contributed by atoms with van der Waals surface area (Å²) in [5.41, 5.74) is 0. The maximum atomic E-state index is 3.63. The smallest absolute Gasteiger partial charge is 0.0218 e. The summed E-state index contributed by atoms with van der Waals surface area (Å²) in [5, 5.41) is 3.63. The molecule has 1 aliphatic heterocycles. The van der Waals surface area contributed by atoms with Gasteiger partial charge in [0.25, 0.3) is 0 Å². The Morgan fingerprint density at radius 3 is 2.38 bits per heavy atom. The number of piperazine rings is 1. The van der Waals surface area contributed by atoms with Crippen LogP contribution in [0.2, 0.25) is 0 Å². The SMILES string of the molecule is CC(C)CCC(C)N1CCNC(C(C)C)C1. The number of rotatable bonds is 5. The summed E-state index contributed by atoms with van der Waals surface area (Å²) in [5.74, 6) is 1.59.